The molecule has 106 valence electrons. The Morgan fingerprint density at radius 1 is 1.15 bits per heavy atom. The Morgan fingerprint density at radius 3 is 2.50 bits per heavy atom. The van der Waals surface area contributed by atoms with Crippen molar-refractivity contribution in [1.82, 2.24) is 0 Å². The predicted octanol–water partition coefficient (Wildman–Crippen LogP) is 2.56. The van der Waals surface area contributed by atoms with Gasteiger partial charge in [-0.3, -0.25) is 0 Å². The van der Waals surface area contributed by atoms with Gasteiger partial charge in [-0.05, 0) is 46.3 Å². The molecular formula is C12H11BrFN3O2S. The Bertz CT molecular complexity index is 765. The number of nitrogen functional groups attached to an aromatic ring is 1. The average molecular weight is 360 g/mol. The minimum absolute atomic E-state index is 0.0221. The molecule has 0 aliphatic carbocycles. The topological polar surface area (TPSA) is 98.2 Å². The highest BCUT2D eigenvalue weighted by atomic mass is 79.9. The molecule has 0 atom stereocenters. The van der Waals surface area contributed by atoms with Gasteiger partial charge in [0.1, 0.15) is 10.7 Å². The first kappa shape index (κ1) is 14.8. The molecule has 2 rings (SSSR count). The molecule has 0 aromatic heterocycles. The fraction of sp³-hybridized carbons (Fsp3) is 0. The van der Waals surface area contributed by atoms with Gasteiger partial charge in [0.05, 0.1) is 17.1 Å². The Labute approximate surface area is 124 Å². The monoisotopic (exact) mass is 359 g/mol. The van der Waals surface area contributed by atoms with Gasteiger partial charge in [-0.15, -0.1) is 0 Å². The molecule has 0 heterocycles. The molecule has 2 aromatic carbocycles. The second-order valence-electron chi connectivity index (χ2n) is 4.01. The normalized spacial score (nSPS) is 11.3. The molecule has 0 spiro atoms. The lowest BCUT2D eigenvalue weighted by atomic mass is 10.2. The van der Waals surface area contributed by atoms with Gasteiger partial charge < -0.3 is 11.1 Å². The Balaban J connectivity index is 2.47. The van der Waals surface area contributed by atoms with Crippen LogP contribution < -0.4 is 16.2 Å². The van der Waals surface area contributed by atoms with E-state index in [0.29, 0.717) is 15.8 Å². The van der Waals surface area contributed by atoms with Crippen molar-refractivity contribution < 1.29 is 12.8 Å². The van der Waals surface area contributed by atoms with Crippen molar-refractivity contribution >= 4 is 43.0 Å². The van der Waals surface area contributed by atoms with Crippen LogP contribution in [-0.4, -0.2) is 8.42 Å². The largest absolute Gasteiger partial charge is 0.396 e. The first-order valence-electron chi connectivity index (χ1n) is 5.42. The highest BCUT2D eigenvalue weighted by Crippen LogP contribution is 2.32. The first-order valence-corrected chi connectivity index (χ1v) is 7.76. The van der Waals surface area contributed by atoms with Gasteiger partial charge in [0.15, 0.2) is 0 Å². The summed E-state index contributed by atoms with van der Waals surface area (Å²) in [6, 6.07) is 8.44. The zero-order valence-electron chi connectivity index (χ0n) is 10.1. The second kappa shape index (κ2) is 5.39. The summed E-state index contributed by atoms with van der Waals surface area (Å²) in [5, 5.41) is 7.93. The van der Waals surface area contributed by atoms with Crippen molar-refractivity contribution in [3.8, 4) is 0 Å². The van der Waals surface area contributed by atoms with Crippen LogP contribution in [0.4, 0.5) is 21.5 Å². The van der Waals surface area contributed by atoms with Crippen molar-refractivity contribution in [2.75, 3.05) is 11.1 Å². The minimum Gasteiger partial charge on any atom is -0.396 e. The molecule has 0 bridgehead atoms. The van der Waals surface area contributed by atoms with Crippen LogP contribution in [-0.2, 0) is 10.0 Å². The predicted molar refractivity (Wildman–Crippen MR) is 79.6 cm³/mol. The van der Waals surface area contributed by atoms with Gasteiger partial charge in [0.2, 0.25) is 10.0 Å². The smallest absolute Gasteiger partial charge is 0.240 e. The first-order chi connectivity index (χ1) is 9.29. The SMILES string of the molecule is Nc1c(Nc2cc(F)ccc2Br)cccc1S(N)(=O)=O. The van der Waals surface area contributed by atoms with Gasteiger partial charge in [-0.1, -0.05) is 6.07 Å². The van der Waals surface area contributed by atoms with Crippen molar-refractivity contribution in [3.63, 3.8) is 0 Å². The van der Waals surface area contributed by atoms with E-state index in [9.17, 15) is 12.8 Å². The number of para-hydroxylation sites is 1. The summed E-state index contributed by atoms with van der Waals surface area (Å²) in [4.78, 5) is -0.185. The molecular weight excluding hydrogens is 349 g/mol. The molecule has 2 aromatic rings. The van der Waals surface area contributed by atoms with Gasteiger partial charge in [-0.25, -0.2) is 17.9 Å². The lowest BCUT2D eigenvalue weighted by molar-refractivity contribution is 0.598. The average Bonchev–Trinajstić information content (AvgIpc) is 2.35. The molecule has 5 N–H and O–H groups in total. The molecule has 0 aliphatic rings. The van der Waals surface area contributed by atoms with Gasteiger partial charge >= 0.3 is 0 Å². The van der Waals surface area contributed by atoms with Crippen LogP contribution in [0.1, 0.15) is 0 Å². The van der Waals surface area contributed by atoms with Crippen LogP contribution in [0.25, 0.3) is 0 Å². The number of benzene rings is 2. The summed E-state index contributed by atoms with van der Waals surface area (Å²) in [7, 11) is -3.92. The summed E-state index contributed by atoms with van der Waals surface area (Å²) in [5.74, 6) is -0.433. The number of anilines is 3. The zero-order valence-corrected chi connectivity index (χ0v) is 12.5. The molecule has 0 saturated heterocycles. The van der Waals surface area contributed by atoms with Crippen molar-refractivity contribution in [2.24, 2.45) is 5.14 Å². The van der Waals surface area contributed by atoms with Crippen LogP contribution in [0, 0.1) is 5.82 Å². The maximum absolute atomic E-state index is 13.2. The molecule has 5 nitrogen and oxygen atoms in total. The number of nitrogens with two attached hydrogens (primary N) is 2. The van der Waals surface area contributed by atoms with Crippen molar-refractivity contribution in [2.45, 2.75) is 4.90 Å². The van der Waals surface area contributed by atoms with Gasteiger partial charge in [0.25, 0.3) is 0 Å². The molecule has 0 saturated carbocycles. The third-order valence-corrected chi connectivity index (χ3v) is 4.23. The van der Waals surface area contributed by atoms with Crippen LogP contribution in [0.3, 0.4) is 0 Å². The maximum atomic E-state index is 13.2. The van der Waals surface area contributed by atoms with Crippen molar-refractivity contribution in [1.29, 1.82) is 0 Å². The lowest BCUT2D eigenvalue weighted by Crippen LogP contribution is -2.15. The fourth-order valence-electron chi connectivity index (χ4n) is 1.64. The summed E-state index contributed by atoms with van der Waals surface area (Å²) in [5.41, 5.74) is 6.49. The molecule has 8 heteroatoms. The maximum Gasteiger partial charge on any atom is 0.240 e. The molecule has 0 aliphatic heterocycles. The van der Waals surface area contributed by atoms with E-state index in [1.807, 2.05) is 0 Å². The Kier molecular flexibility index (Phi) is 3.98. The van der Waals surface area contributed by atoms with E-state index in [0.717, 1.165) is 0 Å². The van der Waals surface area contributed by atoms with E-state index in [1.54, 1.807) is 6.07 Å². The molecule has 0 amide bonds. The highest BCUT2D eigenvalue weighted by Gasteiger charge is 2.15. The Morgan fingerprint density at radius 2 is 1.85 bits per heavy atom. The van der Waals surface area contributed by atoms with E-state index < -0.39 is 15.8 Å². The number of nitrogens with one attached hydrogen (secondary N) is 1. The third-order valence-electron chi connectivity index (χ3n) is 2.57. The zero-order chi connectivity index (χ0) is 14.9. The third kappa shape index (κ3) is 3.09. The molecule has 0 fully saturated rings. The number of halogens is 2. The number of hydrogen-bond acceptors (Lipinski definition) is 4. The minimum atomic E-state index is -3.92. The van der Waals surface area contributed by atoms with Crippen LogP contribution in [0.15, 0.2) is 45.8 Å². The highest BCUT2D eigenvalue weighted by molar-refractivity contribution is 9.10. The summed E-state index contributed by atoms with van der Waals surface area (Å²) in [6.07, 6.45) is 0. The van der Waals surface area contributed by atoms with Gasteiger partial charge in [0, 0.05) is 4.47 Å². The van der Waals surface area contributed by atoms with Crippen LogP contribution in [0.2, 0.25) is 0 Å². The second-order valence-corrected chi connectivity index (χ2v) is 6.40. The van der Waals surface area contributed by atoms with E-state index in [1.165, 1.54) is 30.3 Å². The molecule has 20 heavy (non-hydrogen) atoms. The quantitative estimate of drug-likeness (QED) is 0.733. The standard InChI is InChI=1S/C12H11BrFN3O2S/c13-8-5-4-7(14)6-10(8)17-9-2-1-3-11(12(9)15)20(16,18)19/h1-6,17H,15H2,(H2,16,18,19). The fourth-order valence-corrected chi connectivity index (χ4v) is 2.67. The Hall–Kier alpha value is -1.64. The van der Waals surface area contributed by atoms with E-state index in [2.05, 4.69) is 21.2 Å². The lowest BCUT2D eigenvalue weighted by Gasteiger charge is -2.13. The summed E-state index contributed by atoms with van der Waals surface area (Å²) in [6.45, 7) is 0. The van der Waals surface area contributed by atoms with Crippen molar-refractivity contribution in [3.05, 3.63) is 46.7 Å². The number of rotatable bonds is 3. The van der Waals surface area contributed by atoms with E-state index in [-0.39, 0.29) is 10.6 Å². The number of sulfonamides is 1. The molecule has 0 unspecified atom stereocenters. The summed E-state index contributed by atoms with van der Waals surface area (Å²) >= 11 is 3.26. The van der Waals surface area contributed by atoms with E-state index >= 15 is 0 Å². The number of primary sulfonamides is 1. The van der Waals surface area contributed by atoms with Crippen LogP contribution >= 0.6 is 15.9 Å². The number of hydrogen-bond donors (Lipinski definition) is 3. The molecule has 0 radical (unpaired) electrons. The van der Waals surface area contributed by atoms with Gasteiger partial charge in [-0.2, -0.15) is 0 Å². The van der Waals surface area contributed by atoms with E-state index in [4.69, 9.17) is 10.9 Å². The van der Waals surface area contributed by atoms with Crippen LogP contribution in [0.5, 0.6) is 0 Å². The summed E-state index contributed by atoms with van der Waals surface area (Å²) < 4.78 is 36.6.